The van der Waals surface area contributed by atoms with E-state index in [2.05, 4.69) is 20.5 Å². The van der Waals surface area contributed by atoms with Gasteiger partial charge < -0.3 is 25.7 Å². The summed E-state index contributed by atoms with van der Waals surface area (Å²) in [4.78, 5) is 29.2. The number of hydrogen-bond donors (Lipinski definition) is 3. The normalized spacial score (nSPS) is 13.9. The number of aromatic nitrogens is 2. The van der Waals surface area contributed by atoms with Crippen LogP contribution in [0.4, 0.5) is 23.0 Å². The van der Waals surface area contributed by atoms with Gasteiger partial charge in [-0.2, -0.15) is 0 Å². The molecule has 37 heavy (non-hydrogen) atoms. The number of halogens is 2. The smallest absolute Gasteiger partial charge is 0.311 e. The molecule has 1 fully saturated rings. The molecule has 1 aliphatic heterocycles. The van der Waals surface area contributed by atoms with Crippen molar-refractivity contribution in [1.29, 1.82) is 0 Å². The van der Waals surface area contributed by atoms with Crippen molar-refractivity contribution in [1.82, 2.24) is 14.5 Å². The highest BCUT2D eigenvalue weighted by atomic mass is 35.5. The molecular weight excluding hydrogens is 521 g/mol. The average Bonchev–Trinajstić information content (AvgIpc) is 3.24. The van der Waals surface area contributed by atoms with E-state index in [4.69, 9.17) is 33.7 Å². The Morgan fingerprint density at radius 3 is 2.65 bits per heavy atom. The van der Waals surface area contributed by atoms with E-state index in [9.17, 15) is 14.9 Å². The number of carbonyl (C=O) groups is 1. The van der Waals surface area contributed by atoms with E-state index in [-0.39, 0.29) is 24.0 Å². The summed E-state index contributed by atoms with van der Waals surface area (Å²) in [6.45, 7) is 4.12. The number of benzene rings is 1. The Balaban J connectivity index is 1.43. The first-order chi connectivity index (χ1) is 17.8. The van der Waals surface area contributed by atoms with Crippen LogP contribution in [0.25, 0.3) is 11.1 Å². The van der Waals surface area contributed by atoms with Crippen LogP contribution in [0.3, 0.4) is 0 Å². The highest BCUT2D eigenvalue weighted by Crippen LogP contribution is 2.36. The molecule has 0 spiro atoms. The van der Waals surface area contributed by atoms with Gasteiger partial charge in [0.1, 0.15) is 5.82 Å². The minimum atomic E-state index is -0.569. The predicted molar refractivity (Wildman–Crippen MR) is 144 cm³/mol. The second-order valence-corrected chi connectivity index (χ2v) is 9.37. The quantitative estimate of drug-likeness (QED) is 0.195. The van der Waals surface area contributed by atoms with Crippen LogP contribution in [-0.4, -0.2) is 64.7 Å². The van der Waals surface area contributed by atoms with Gasteiger partial charge in [-0.3, -0.25) is 19.8 Å². The molecule has 4 rings (SSSR count). The first kappa shape index (κ1) is 26.7. The number of nitrogens with one attached hydrogen (secondary N) is 2. The zero-order valence-electron chi connectivity index (χ0n) is 20.0. The topological polar surface area (TPSA) is 141 Å². The van der Waals surface area contributed by atoms with Gasteiger partial charge in [-0.25, -0.2) is 4.98 Å². The van der Waals surface area contributed by atoms with Crippen LogP contribution in [0.5, 0.6) is 0 Å². The van der Waals surface area contributed by atoms with E-state index in [1.54, 1.807) is 12.1 Å². The molecular formula is C24H27Cl2N7O4. The first-order valence-corrected chi connectivity index (χ1v) is 12.5. The summed E-state index contributed by atoms with van der Waals surface area (Å²) in [6.07, 6.45) is 4.52. The number of nitro groups is 1. The predicted octanol–water partition coefficient (Wildman–Crippen LogP) is 4.12. The zero-order chi connectivity index (χ0) is 26.4. The number of nitrogens with zero attached hydrogens (tertiary/aromatic N) is 4. The second-order valence-electron chi connectivity index (χ2n) is 8.52. The van der Waals surface area contributed by atoms with Crippen molar-refractivity contribution >= 4 is 52.1 Å². The maximum atomic E-state index is 12.8. The lowest BCUT2D eigenvalue weighted by atomic mass is 10.1. The van der Waals surface area contributed by atoms with Crippen molar-refractivity contribution in [3.05, 3.63) is 62.9 Å². The number of amides is 1. The Labute approximate surface area is 223 Å². The van der Waals surface area contributed by atoms with Crippen molar-refractivity contribution in [2.45, 2.75) is 13.0 Å². The fourth-order valence-electron chi connectivity index (χ4n) is 4.01. The van der Waals surface area contributed by atoms with E-state index in [0.29, 0.717) is 67.4 Å². The van der Waals surface area contributed by atoms with Gasteiger partial charge in [0.15, 0.2) is 0 Å². The summed E-state index contributed by atoms with van der Waals surface area (Å²) in [6, 6.07) is 8.10. The van der Waals surface area contributed by atoms with Crippen molar-refractivity contribution in [3.8, 4) is 11.1 Å². The fraction of sp³-hybridized carbons (Fsp3) is 0.333. The standard InChI is InChI=1S/C24H27Cl2N7O4/c25-16-2-3-17(19(26)12-16)18-13-32(14-20(18)29-23(34)15-31-8-10-37-11-9-31)7-1-6-28-22-5-4-21(33(35)36)24(27)30-22/h2-5,12-14H,1,6-11,15H2,(H,29,34)(H3,27,28,30). The summed E-state index contributed by atoms with van der Waals surface area (Å²) in [5, 5.41) is 18.1. The molecule has 3 heterocycles. The van der Waals surface area contributed by atoms with Gasteiger partial charge in [0.2, 0.25) is 11.7 Å². The van der Waals surface area contributed by atoms with Crippen LogP contribution in [0.1, 0.15) is 6.42 Å². The summed E-state index contributed by atoms with van der Waals surface area (Å²) >= 11 is 12.6. The van der Waals surface area contributed by atoms with Gasteiger partial charge in [-0.1, -0.05) is 29.3 Å². The van der Waals surface area contributed by atoms with Crippen molar-refractivity contribution in [3.63, 3.8) is 0 Å². The van der Waals surface area contributed by atoms with Crippen LogP contribution in [-0.2, 0) is 16.1 Å². The second kappa shape index (κ2) is 12.2. The third kappa shape index (κ3) is 7.10. The number of anilines is 3. The third-order valence-electron chi connectivity index (χ3n) is 5.84. The fourth-order valence-corrected chi connectivity index (χ4v) is 4.52. The molecule has 3 aromatic rings. The minimum Gasteiger partial charge on any atom is -0.379 e. The SMILES string of the molecule is Nc1nc(NCCCn2cc(NC(=O)CN3CCOCC3)c(-c3ccc(Cl)cc3Cl)c2)ccc1[N+](=O)[O-]. The number of carbonyl (C=O) groups excluding carboxylic acids is 1. The van der Waals surface area contributed by atoms with Crippen LogP contribution in [0, 0.1) is 10.1 Å². The van der Waals surface area contributed by atoms with Crippen LogP contribution >= 0.6 is 23.2 Å². The summed E-state index contributed by atoms with van der Waals surface area (Å²) in [5.74, 6) is 0.206. The molecule has 196 valence electrons. The summed E-state index contributed by atoms with van der Waals surface area (Å²) < 4.78 is 7.33. The van der Waals surface area contributed by atoms with Crippen molar-refractivity contribution in [2.75, 3.05) is 55.8 Å². The lowest BCUT2D eigenvalue weighted by Gasteiger charge is -2.25. The van der Waals surface area contributed by atoms with E-state index >= 15 is 0 Å². The molecule has 1 amide bonds. The minimum absolute atomic E-state index is 0.116. The van der Waals surface area contributed by atoms with Gasteiger partial charge in [0.25, 0.3) is 0 Å². The maximum absolute atomic E-state index is 12.8. The van der Waals surface area contributed by atoms with Gasteiger partial charge in [0.05, 0.1) is 35.4 Å². The number of aryl methyl sites for hydroxylation is 1. The zero-order valence-corrected chi connectivity index (χ0v) is 21.5. The summed E-state index contributed by atoms with van der Waals surface area (Å²) in [5.41, 5.74) is 7.62. The number of nitrogen functional groups attached to an aromatic ring is 1. The Bertz CT molecular complexity index is 1280. The van der Waals surface area contributed by atoms with E-state index in [1.165, 1.54) is 12.1 Å². The van der Waals surface area contributed by atoms with Gasteiger partial charge in [0, 0.05) is 60.8 Å². The first-order valence-electron chi connectivity index (χ1n) is 11.7. The molecule has 1 saturated heterocycles. The van der Waals surface area contributed by atoms with E-state index < -0.39 is 4.92 Å². The maximum Gasteiger partial charge on any atom is 0.311 e. The Morgan fingerprint density at radius 2 is 1.95 bits per heavy atom. The monoisotopic (exact) mass is 547 g/mol. The van der Waals surface area contributed by atoms with Crippen molar-refractivity contribution < 1.29 is 14.5 Å². The summed E-state index contributed by atoms with van der Waals surface area (Å²) in [7, 11) is 0. The Kier molecular flexibility index (Phi) is 8.82. The number of morpholine rings is 1. The van der Waals surface area contributed by atoms with Gasteiger partial charge >= 0.3 is 5.69 Å². The van der Waals surface area contributed by atoms with Crippen molar-refractivity contribution in [2.24, 2.45) is 0 Å². The third-order valence-corrected chi connectivity index (χ3v) is 6.39. The highest BCUT2D eigenvalue weighted by Gasteiger charge is 2.18. The lowest BCUT2D eigenvalue weighted by Crippen LogP contribution is -2.41. The lowest BCUT2D eigenvalue weighted by molar-refractivity contribution is -0.384. The van der Waals surface area contributed by atoms with E-state index in [0.717, 1.165) is 11.1 Å². The van der Waals surface area contributed by atoms with E-state index in [1.807, 2.05) is 23.0 Å². The molecule has 1 aromatic carbocycles. The molecule has 4 N–H and O–H groups in total. The molecule has 0 atom stereocenters. The molecule has 0 unspecified atom stereocenters. The molecule has 0 bridgehead atoms. The highest BCUT2D eigenvalue weighted by molar-refractivity contribution is 6.36. The molecule has 0 saturated carbocycles. The molecule has 1 aliphatic rings. The van der Waals surface area contributed by atoms with Gasteiger partial charge in [-0.05, 0) is 24.6 Å². The molecule has 2 aromatic heterocycles. The number of pyridine rings is 1. The van der Waals surface area contributed by atoms with Crippen LogP contribution in [0.2, 0.25) is 10.0 Å². The molecule has 0 radical (unpaired) electrons. The van der Waals surface area contributed by atoms with Gasteiger partial charge in [-0.15, -0.1) is 0 Å². The number of rotatable bonds is 10. The average molecular weight is 548 g/mol. The number of ether oxygens (including phenoxy) is 1. The molecule has 13 heteroatoms. The number of nitrogens with two attached hydrogens (primary N) is 1. The van der Waals surface area contributed by atoms with Crippen LogP contribution < -0.4 is 16.4 Å². The largest absolute Gasteiger partial charge is 0.379 e. The van der Waals surface area contributed by atoms with Crippen LogP contribution in [0.15, 0.2) is 42.7 Å². The Hall–Kier alpha value is -3.38. The molecule has 0 aliphatic carbocycles. The number of hydrogen-bond acceptors (Lipinski definition) is 8. The molecule has 11 nitrogen and oxygen atoms in total. The Morgan fingerprint density at radius 1 is 1.16 bits per heavy atom.